The molecule has 0 radical (unpaired) electrons. The first-order chi connectivity index (χ1) is 14.1. The Morgan fingerprint density at radius 2 is 2.21 bits per heavy atom. The summed E-state index contributed by atoms with van der Waals surface area (Å²) in [7, 11) is 1.58. The van der Waals surface area contributed by atoms with Gasteiger partial charge in [-0.15, -0.1) is 0 Å². The first kappa shape index (κ1) is 20.6. The zero-order valence-corrected chi connectivity index (χ0v) is 16.3. The van der Waals surface area contributed by atoms with Gasteiger partial charge in [0.2, 0.25) is 0 Å². The molecule has 9 heteroatoms. The molecule has 1 aromatic heterocycles. The summed E-state index contributed by atoms with van der Waals surface area (Å²) in [4.78, 5) is 21.1. The molecule has 9 nitrogen and oxygen atoms in total. The van der Waals surface area contributed by atoms with Crippen LogP contribution in [0.2, 0.25) is 0 Å². The molecular weight excluding hydrogens is 372 g/mol. The van der Waals surface area contributed by atoms with Gasteiger partial charge < -0.3 is 26.3 Å². The topological polar surface area (TPSA) is 137 Å². The van der Waals surface area contributed by atoms with Gasteiger partial charge in [0, 0.05) is 31.7 Å². The third kappa shape index (κ3) is 5.66. The van der Waals surface area contributed by atoms with Crippen molar-refractivity contribution in [2.24, 2.45) is 10.7 Å². The van der Waals surface area contributed by atoms with Crippen LogP contribution >= 0.6 is 0 Å². The highest BCUT2D eigenvalue weighted by Crippen LogP contribution is 2.17. The second-order valence-corrected chi connectivity index (χ2v) is 6.71. The van der Waals surface area contributed by atoms with Crippen LogP contribution in [0.3, 0.4) is 0 Å². The number of methoxy groups -OCH3 is 1. The van der Waals surface area contributed by atoms with Gasteiger partial charge in [-0.1, -0.05) is 30.3 Å². The molecule has 2 atom stereocenters. The van der Waals surface area contributed by atoms with Crippen molar-refractivity contribution in [2.75, 3.05) is 38.0 Å². The van der Waals surface area contributed by atoms with E-state index in [1.54, 1.807) is 13.2 Å². The summed E-state index contributed by atoms with van der Waals surface area (Å²) in [6.45, 7) is 1.57. The maximum absolute atomic E-state index is 12.4. The number of nitrogens with zero attached hydrogens (tertiary/aromatic N) is 2. The van der Waals surface area contributed by atoms with E-state index in [2.05, 4.69) is 20.6 Å². The number of aromatic nitrogens is 1. The zero-order chi connectivity index (χ0) is 20.6. The lowest BCUT2D eigenvalue weighted by Gasteiger charge is -2.19. The number of amidine groups is 1. The number of ether oxygens (including phenoxy) is 2. The van der Waals surface area contributed by atoms with Crippen LogP contribution in [0.4, 0.5) is 16.3 Å². The fourth-order valence-electron chi connectivity index (χ4n) is 3.03. The van der Waals surface area contributed by atoms with Crippen LogP contribution in [-0.4, -0.2) is 49.8 Å². The van der Waals surface area contributed by atoms with Crippen LogP contribution in [0.5, 0.6) is 0 Å². The van der Waals surface area contributed by atoms with E-state index in [1.165, 1.54) is 6.20 Å². The second-order valence-electron chi connectivity index (χ2n) is 6.71. The number of carbonyl (C=O) groups excluding carboxylic acids is 1. The fourth-order valence-corrected chi connectivity index (χ4v) is 3.03. The van der Waals surface area contributed by atoms with Crippen LogP contribution in [-0.2, 0) is 9.47 Å². The number of hydrogen-bond acceptors (Lipinski definition) is 6. The van der Waals surface area contributed by atoms with Crippen molar-refractivity contribution in [1.82, 2.24) is 10.3 Å². The number of nitrogen functional groups attached to an aromatic ring is 1. The van der Waals surface area contributed by atoms with E-state index in [0.717, 1.165) is 12.0 Å². The summed E-state index contributed by atoms with van der Waals surface area (Å²) in [6, 6.07) is 10.4. The number of amides is 2. The minimum atomic E-state index is -0.416. The Bertz CT molecular complexity index is 853. The molecule has 1 aliphatic heterocycles. The number of carbonyl (C=O) groups is 1. The van der Waals surface area contributed by atoms with Gasteiger partial charge in [-0.05, 0) is 12.0 Å². The van der Waals surface area contributed by atoms with Crippen molar-refractivity contribution >= 4 is 23.4 Å². The Kier molecular flexibility index (Phi) is 6.99. The van der Waals surface area contributed by atoms with E-state index in [9.17, 15) is 4.79 Å². The Balaban J connectivity index is 1.65. The Morgan fingerprint density at radius 3 is 2.86 bits per heavy atom. The second kappa shape index (κ2) is 9.85. The number of aliphatic imine (C=N–C) groups is 1. The van der Waals surface area contributed by atoms with Crippen LogP contribution < -0.4 is 22.1 Å². The molecular formula is C20H26N6O3. The quantitative estimate of drug-likeness (QED) is 0.414. The molecule has 0 saturated carbocycles. The number of pyridine rings is 1. The fraction of sp³-hybridized carbons (Fsp3) is 0.350. The Hall–Kier alpha value is -3.17. The van der Waals surface area contributed by atoms with E-state index in [1.807, 2.05) is 30.3 Å². The van der Waals surface area contributed by atoms with Crippen LogP contribution in [0.25, 0.3) is 0 Å². The van der Waals surface area contributed by atoms with Gasteiger partial charge in [-0.25, -0.2) is 9.78 Å². The standard InChI is InChI=1S/C20H26N6O3/c1-28-12-17(13-5-3-2-4-6-13)25-20(27)26-18-9-16(21)15(10-23-18)19(22)24-14-7-8-29-11-14/h2-6,9-10,14,17H,7-8,11-12H2,1H3,(H2,22,24)(H4,21,23,25,26,27)/t14?,17-/m1/s1. The van der Waals surface area contributed by atoms with Gasteiger partial charge in [-0.3, -0.25) is 10.3 Å². The minimum absolute atomic E-state index is 0.0358. The molecule has 1 aliphatic rings. The minimum Gasteiger partial charge on any atom is -0.398 e. The number of hydrogen-bond donors (Lipinski definition) is 4. The lowest BCUT2D eigenvalue weighted by Crippen LogP contribution is -2.35. The van der Waals surface area contributed by atoms with Gasteiger partial charge in [0.05, 0.1) is 30.9 Å². The summed E-state index contributed by atoms with van der Waals surface area (Å²) < 4.78 is 10.5. The molecule has 2 heterocycles. The van der Waals surface area contributed by atoms with Crippen LogP contribution in [0.15, 0.2) is 47.6 Å². The van der Waals surface area contributed by atoms with Crippen molar-refractivity contribution in [3.63, 3.8) is 0 Å². The van der Waals surface area contributed by atoms with Crippen molar-refractivity contribution in [1.29, 1.82) is 0 Å². The number of nitrogens with one attached hydrogen (secondary N) is 2. The summed E-state index contributed by atoms with van der Waals surface area (Å²) in [5, 5.41) is 5.55. The van der Waals surface area contributed by atoms with Gasteiger partial charge in [-0.2, -0.15) is 0 Å². The van der Waals surface area contributed by atoms with Crippen molar-refractivity contribution in [3.05, 3.63) is 53.7 Å². The van der Waals surface area contributed by atoms with E-state index in [4.69, 9.17) is 20.9 Å². The average Bonchev–Trinajstić information content (AvgIpc) is 3.21. The summed E-state index contributed by atoms with van der Waals surface area (Å²) >= 11 is 0. The normalized spacial score (nSPS) is 17.7. The predicted octanol–water partition coefficient (Wildman–Crippen LogP) is 1.67. The van der Waals surface area contributed by atoms with Crippen molar-refractivity contribution in [3.8, 4) is 0 Å². The molecule has 2 aromatic rings. The Labute approximate surface area is 169 Å². The largest absolute Gasteiger partial charge is 0.398 e. The molecule has 2 amide bonds. The number of nitrogens with two attached hydrogens (primary N) is 2. The lowest BCUT2D eigenvalue weighted by molar-refractivity contribution is 0.168. The highest BCUT2D eigenvalue weighted by atomic mass is 16.5. The molecule has 0 bridgehead atoms. The first-order valence-electron chi connectivity index (χ1n) is 9.35. The molecule has 29 heavy (non-hydrogen) atoms. The van der Waals surface area contributed by atoms with E-state index >= 15 is 0 Å². The van der Waals surface area contributed by atoms with Gasteiger partial charge in [0.25, 0.3) is 0 Å². The molecule has 3 rings (SSSR count). The summed E-state index contributed by atoms with van der Waals surface area (Å²) in [5.74, 6) is 0.621. The summed E-state index contributed by atoms with van der Waals surface area (Å²) in [5.41, 5.74) is 14.0. The molecule has 1 aromatic carbocycles. The summed E-state index contributed by atoms with van der Waals surface area (Å²) in [6.07, 6.45) is 2.33. The van der Waals surface area contributed by atoms with E-state index in [0.29, 0.717) is 42.7 Å². The molecule has 1 saturated heterocycles. The highest BCUT2D eigenvalue weighted by molar-refractivity contribution is 6.02. The lowest BCUT2D eigenvalue weighted by atomic mass is 10.1. The van der Waals surface area contributed by atoms with Gasteiger partial charge in [0.1, 0.15) is 11.7 Å². The van der Waals surface area contributed by atoms with Gasteiger partial charge in [0.15, 0.2) is 0 Å². The predicted molar refractivity (Wildman–Crippen MR) is 112 cm³/mol. The maximum atomic E-state index is 12.4. The maximum Gasteiger partial charge on any atom is 0.320 e. The molecule has 1 unspecified atom stereocenters. The first-order valence-corrected chi connectivity index (χ1v) is 9.35. The van der Waals surface area contributed by atoms with Crippen LogP contribution in [0, 0.1) is 0 Å². The third-order valence-corrected chi connectivity index (χ3v) is 4.52. The SMILES string of the molecule is COC[C@@H](NC(=O)Nc1cc(N)c(C(N)=NC2CCOC2)cn1)c1ccccc1. The highest BCUT2D eigenvalue weighted by Gasteiger charge is 2.17. The third-order valence-electron chi connectivity index (χ3n) is 4.52. The smallest absolute Gasteiger partial charge is 0.320 e. The average molecular weight is 398 g/mol. The number of benzene rings is 1. The van der Waals surface area contributed by atoms with Crippen molar-refractivity contribution in [2.45, 2.75) is 18.5 Å². The van der Waals surface area contributed by atoms with Gasteiger partial charge >= 0.3 is 6.03 Å². The molecule has 6 N–H and O–H groups in total. The molecule has 1 fully saturated rings. The monoisotopic (exact) mass is 398 g/mol. The number of urea groups is 1. The Morgan fingerprint density at radius 1 is 1.41 bits per heavy atom. The molecule has 0 aliphatic carbocycles. The van der Waals surface area contributed by atoms with E-state index < -0.39 is 6.03 Å². The number of rotatable bonds is 7. The number of anilines is 2. The van der Waals surface area contributed by atoms with Crippen LogP contribution in [0.1, 0.15) is 23.6 Å². The van der Waals surface area contributed by atoms with Crippen molar-refractivity contribution < 1.29 is 14.3 Å². The molecule has 0 spiro atoms. The van der Waals surface area contributed by atoms with E-state index in [-0.39, 0.29) is 12.1 Å². The zero-order valence-electron chi connectivity index (χ0n) is 16.3. The molecule has 154 valence electrons.